The number of aromatic carboxylic acids is 1. The van der Waals surface area contributed by atoms with Crippen molar-refractivity contribution in [2.75, 3.05) is 25.0 Å². The zero-order chi connectivity index (χ0) is 24.7. The molecule has 3 rings (SSSR count). The Bertz CT molecular complexity index is 1230. The molecule has 0 saturated carbocycles. The first-order valence-electron chi connectivity index (χ1n) is 11.0. The van der Waals surface area contributed by atoms with Gasteiger partial charge >= 0.3 is 5.97 Å². The lowest BCUT2D eigenvalue weighted by atomic mass is 10.1. The molecule has 3 aromatic rings. The Balaban J connectivity index is 1.79. The molecule has 0 fully saturated rings. The second kappa shape index (κ2) is 11.3. The quantitative estimate of drug-likeness (QED) is 0.320. The molecule has 0 spiro atoms. The molecule has 1 atom stereocenters. The predicted molar refractivity (Wildman–Crippen MR) is 128 cm³/mol. The molecule has 1 heterocycles. The second-order valence-electron chi connectivity index (χ2n) is 7.94. The molecular weight excluding hydrogens is 436 g/mol. The number of rotatable bonds is 11. The number of aromatic nitrogens is 1. The Morgan fingerprint density at radius 3 is 2.74 bits per heavy atom. The third-order valence-corrected chi connectivity index (χ3v) is 5.40. The van der Waals surface area contributed by atoms with Gasteiger partial charge < -0.3 is 30.2 Å². The molecule has 0 aliphatic rings. The van der Waals surface area contributed by atoms with Crippen LogP contribution in [0.1, 0.15) is 46.2 Å². The van der Waals surface area contributed by atoms with Gasteiger partial charge in [-0.25, -0.2) is 4.79 Å². The summed E-state index contributed by atoms with van der Waals surface area (Å²) in [6.07, 6.45) is 1.44. The molecule has 4 N–H and O–H groups in total. The van der Waals surface area contributed by atoms with E-state index >= 15 is 0 Å². The smallest absolute Gasteiger partial charge is 0.337 e. The summed E-state index contributed by atoms with van der Waals surface area (Å²) >= 11 is 0. The van der Waals surface area contributed by atoms with Crippen molar-refractivity contribution >= 4 is 28.5 Å². The number of hydrogen-bond donors (Lipinski definition) is 4. The van der Waals surface area contributed by atoms with Gasteiger partial charge in [0.2, 0.25) is 0 Å². The number of ether oxygens (including phenoxy) is 1. The second-order valence-corrected chi connectivity index (χ2v) is 7.94. The Morgan fingerprint density at radius 2 is 2.03 bits per heavy atom. The molecule has 0 saturated heterocycles. The summed E-state index contributed by atoms with van der Waals surface area (Å²) in [5.74, 6) is -1.23. The fourth-order valence-electron chi connectivity index (χ4n) is 3.62. The SMILES string of the molecule is CCCCNCC(O)COc1cccc2cc(C(=O)Nc3ccc(C#N)cc3C(=O)O)n(C)c12. The maximum absolute atomic E-state index is 13.0. The third kappa shape index (κ3) is 5.73. The lowest BCUT2D eigenvalue weighted by Gasteiger charge is -2.15. The molecule has 178 valence electrons. The number of para-hydroxylation sites is 1. The van der Waals surface area contributed by atoms with Gasteiger partial charge in [-0.3, -0.25) is 4.79 Å². The monoisotopic (exact) mass is 464 g/mol. The number of anilines is 1. The number of carbonyl (C=O) groups is 2. The van der Waals surface area contributed by atoms with Crippen LogP contribution in [-0.4, -0.2) is 52.5 Å². The number of nitrogens with one attached hydrogen (secondary N) is 2. The van der Waals surface area contributed by atoms with Crippen molar-refractivity contribution in [3.05, 3.63) is 59.3 Å². The van der Waals surface area contributed by atoms with Gasteiger partial charge in [-0.2, -0.15) is 5.26 Å². The standard InChI is InChI=1S/C25H28N4O5/c1-3-4-10-27-14-18(30)15-34-22-7-5-6-17-12-21(29(2)23(17)22)24(31)28-20-9-8-16(13-26)11-19(20)25(32)33/h5-9,11-12,18,27,30H,3-4,10,14-15H2,1-2H3,(H,28,31)(H,32,33). The van der Waals surface area contributed by atoms with Gasteiger partial charge in [-0.1, -0.05) is 25.5 Å². The zero-order valence-corrected chi connectivity index (χ0v) is 19.2. The number of amides is 1. The Kier molecular flexibility index (Phi) is 8.24. The maximum Gasteiger partial charge on any atom is 0.337 e. The first kappa shape index (κ1) is 24.8. The highest BCUT2D eigenvalue weighted by Crippen LogP contribution is 2.29. The van der Waals surface area contributed by atoms with Gasteiger partial charge in [0.25, 0.3) is 5.91 Å². The van der Waals surface area contributed by atoms with Crippen molar-refractivity contribution < 1.29 is 24.5 Å². The van der Waals surface area contributed by atoms with Crippen LogP contribution in [0.3, 0.4) is 0 Å². The van der Waals surface area contributed by atoms with Crippen molar-refractivity contribution in [2.45, 2.75) is 25.9 Å². The fourth-order valence-corrected chi connectivity index (χ4v) is 3.62. The van der Waals surface area contributed by atoms with E-state index in [2.05, 4.69) is 17.6 Å². The van der Waals surface area contributed by atoms with E-state index in [1.807, 2.05) is 12.1 Å². The topological polar surface area (TPSA) is 137 Å². The highest BCUT2D eigenvalue weighted by molar-refractivity contribution is 6.09. The van der Waals surface area contributed by atoms with E-state index < -0.39 is 18.0 Å². The van der Waals surface area contributed by atoms with Gasteiger partial charge in [0, 0.05) is 19.0 Å². The first-order chi connectivity index (χ1) is 16.3. The van der Waals surface area contributed by atoms with E-state index in [0.717, 1.165) is 24.8 Å². The summed E-state index contributed by atoms with van der Waals surface area (Å²) in [4.78, 5) is 24.6. The highest BCUT2D eigenvalue weighted by Gasteiger charge is 2.19. The number of benzene rings is 2. The molecule has 1 amide bonds. The van der Waals surface area contributed by atoms with Crippen molar-refractivity contribution in [3.63, 3.8) is 0 Å². The number of aliphatic hydroxyl groups excluding tert-OH is 1. The summed E-state index contributed by atoms with van der Waals surface area (Å²) < 4.78 is 7.52. The number of carboxylic acids is 1. The Hall–Kier alpha value is -3.87. The van der Waals surface area contributed by atoms with Gasteiger partial charge in [0.05, 0.1) is 28.4 Å². The Morgan fingerprint density at radius 1 is 1.24 bits per heavy atom. The molecule has 0 radical (unpaired) electrons. The van der Waals surface area contributed by atoms with Crippen LogP contribution in [0, 0.1) is 11.3 Å². The van der Waals surface area contributed by atoms with Crippen LogP contribution in [0.5, 0.6) is 5.75 Å². The highest BCUT2D eigenvalue weighted by atomic mass is 16.5. The summed E-state index contributed by atoms with van der Waals surface area (Å²) in [5, 5.41) is 35.2. The van der Waals surface area contributed by atoms with E-state index in [1.54, 1.807) is 29.8 Å². The summed E-state index contributed by atoms with van der Waals surface area (Å²) in [6, 6.07) is 13.0. The molecule has 34 heavy (non-hydrogen) atoms. The lowest BCUT2D eigenvalue weighted by Crippen LogP contribution is -2.32. The van der Waals surface area contributed by atoms with Crippen molar-refractivity contribution in [1.82, 2.24) is 9.88 Å². The van der Waals surface area contributed by atoms with Crippen molar-refractivity contribution in [2.24, 2.45) is 7.05 Å². The number of nitriles is 1. The number of carbonyl (C=O) groups excluding carboxylic acids is 1. The van der Waals surface area contributed by atoms with Crippen LogP contribution < -0.4 is 15.4 Å². The largest absolute Gasteiger partial charge is 0.489 e. The number of nitrogens with zero attached hydrogens (tertiary/aromatic N) is 2. The summed E-state index contributed by atoms with van der Waals surface area (Å²) in [6.45, 7) is 3.46. The van der Waals surface area contributed by atoms with Crippen LogP contribution in [0.2, 0.25) is 0 Å². The number of aliphatic hydroxyl groups is 1. The molecule has 2 aromatic carbocycles. The number of fused-ring (bicyclic) bond motifs is 1. The molecular formula is C25H28N4O5. The Labute approximate surface area is 197 Å². The first-order valence-corrected chi connectivity index (χ1v) is 11.0. The van der Waals surface area contributed by atoms with Crippen LogP contribution in [0.15, 0.2) is 42.5 Å². The molecule has 9 nitrogen and oxygen atoms in total. The summed E-state index contributed by atoms with van der Waals surface area (Å²) in [7, 11) is 1.71. The normalized spacial score (nSPS) is 11.7. The average Bonchev–Trinajstić information content (AvgIpc) is 3.17. The minimum atomic E-state index is -1.25. The van der Waals surface area contributed by atoms with Gasteiger partial charge in [-0.15, -0.1) is 0 Å². The van der Waals surface area contributed by atoms with E-state index in [-0.39, 0.29) is 23.4 Å². The molecule has 1 unspecified atom stereocenters. The van der Waals surface area contributed by atoms with Crippen LogP contribution in [-0.2, 0) is 7.05 Å². The molecule has 0 bridgehead atoms. The van der Waals surface area contributed by atoms with Crippen LogP contribution >= 0.6 is 0 Å². The van der Waals surface area contributed by atoms with Gasteiger partial charge in [0.1, 0.15) is 24.2 Å². The number of hydrogen-bond acceptors (Lipinski definition) is 6. The number of aryl methyl sites for hydroxylation is 1. The van der Waals surface area contributed by atoms with E-state index in [1.165, 1.54) is 18.2 Å². The average molecular weight is 465 g/mol. The maximum atomic E-state index is 13.0. The van der Waals surface area contributed by atoms with Crippen molar-refractivity contribution in [1.29, 1.82) is 5.26 Å². The van der Waals surface area contributed by atoms with E-state index in [9.17, 15) is 19.8 Å². The molecule has 0 aliphatic heterocycles. The third-order valence-electron chi connectivity index (χ3n) is 5.40. The van der Waals surface area contributed by atoms with Gasteiger partial charge in [0.15, 0.2) is 0 Å². The fraction of sp³-hybridized carbons (Fsp3) is 0.320. The zero-order valence-electron chi connectivity index (χ0n) is 19.2. The molecule has 1 aromatic heterocycles. The van der Waals surface area contributed by atoms with Gasteiger partial charge in [-0.05, 0) is 43.3 Å². The number of unbranched alkanes of at least 4 members (excludes halogenated alkanes) is 1. The lowest BCUT2D eigenvalue weighted by molar-refractivity contribution is 0.0698. The number of carboxylic acid groups (broad SMARTS) is 1. The van der Waals surface area contributed by atoms with Crippen LogP contribution in [0.4, 0.5) is 5.69 Å². The van der Waals surface area contributed by atoms with E-state index in [4.69, 9.17) is 10.00 Å². The summed E-state index contributed by atoms with van der Waals surface area (Å²) in [5.41, 5.74) is 1.09. The predicted octanol–water partition coefficient (Wildman–Crippen LogP) is 3.13. The minimum absolute atomic E-state index is 0.0944. The van der Waals surface area contributed by atoms with Crippen molar-refractivity contribution in [3.8, 4) is 11.8 Å². The minimum Gasteiger partial charge on any atom is -0.489 e. The van der Waals surface area contributed by atoms with Crippen LogP contribution in [0.25, 0.3) is 10.9 Å². The molecule has 9 heteroatoms. The molecule has 0 aliphatic carbocycles. The van der Waals surface area contributed by atoms with E-state index in [0.29, 0.717) is 23.5 Å².